The topological polar surface area (TPSA) is 113 Å². The van der Waals surface area contributed by atoms with E-state index in [-0.39, 0.29) is 17.7 Å². The Balaban J connectivity index is 2.04. The largest absolute Gasteiger partial charge is 0.481 e. The summed E-state index contributed by atoms with van der Waals surface area (Å²) in [6.45, 7) is 1.83. The number of carboxylic acid groups (broad SMARTS) is 1. The predicted molar refractivity (Wildman–Crippen MR) is 82.6 cm³/mol. The Morgan fingerprint density at radius 3 is 2.22 bits per heavy atom. The van der Waals surface area contributed by atoms with Crippen LogP contribution in [0.3, 0.4) is 0 Å². The van der Waals surface area contributed by atoms with Gasteiger partial charge >= 0.3 is 5.97 Å². The fourth-order valence-electron chi connectivity index (χ4n) is 2.36. The zero-order valence-electron chi connectivity index (χ0n) is 12.5. The number of benzene rings is 1. The number of nitrogens with one attached hydrogen (secondary N) is 2. The lowest BCUT2D eigenvalue weighted by Gasteiger charge is -2.24. The fourth-order valence-corrected chi connectivity index (χ4v) is 3.21. The molecule has 1 aliphatic rings. The third kappa shape index (κ3) is 4.17. The van der Waals surface area contributed by atoms with Crippen molar-refractivity contribution in [2.45, 2.75) is 24.7 Å². The Morgan fingerprint density at radius 2 is 1.65 bits per heavy atom. The first-order chi connectivity index (χ1) is 10.8. The molecule has 1 aliphatic carbocycles. The van der Waals surface area contributed by atoms with Gasteiger partial charge in [0.25, 0.3) is 10.0 Å². The minimum absolute atomic E-state index is 0.0155. The first-order valence-corrected chi connectivity index (χ1v) is 8.55. The van der Waals surface area contributed by atoms with Gasteiger partial charge in [0.15, 0.2) is 0 Å². The van der Waals surface area contributed by atoms with E-state index in [0.29, 0.717) is 0 Å². The molecule has 1 aromatic rings. The van der Waals surface area contributed by atoms with Crippen molar-refractivity contribution in [3.8, 4) is 0 Å². The number of carbonyl (C=O) groups excluding carboxylic acids is 1. The van der Waals surface area contributed by atoms with Crippen LogP contribution in [0.15, 0.2) is 41.3 Å². The number of carbonyl (C=O) groups is 2. The smallest absolute Gasteiger partial charge is 0.307 e. The van der Waals surface area contributed by atoms with Gasteiger partial charge in [-0.2, -0.15) is 0 Å². The molecule has 1 amide bonds. The Kier molecular flexibility index (Phi) is 5.17. The van der Waals surface area contributed by atoms with Gasteiger partial charge in [-0.15, -0.1) is 4.83 Å². The second kappa shape index (κ2) is 6.93. The normalized spacial score (nSPS) is 20.9. The summed E-state index contributed by atoms with van der Waals surface area (Å²) in [6.07, 6.45) is 3.93. The number of rotatable bonds is 5. The summed E-state index contributed by atoms with van der Waals surface area (Å²) in [6, 6.07) is 6.13. The Bertz CT molecular complexity index is 725. The summed E-state index contributed by atoms with van der Waals surface area (Å²) >= 11 is 0. The average molecular weight is 338 g/mol. The lowest BCUT2D eigenvalue weighted by atomic mass is 9.82. The number of hydrazine groups is 1. The molecule has 8 heteroatoms. The van der Waals surface area contributed by atoms with Crippen molar-refractivity contribution in [1.82, 2.24) is 10.3 Å². The summed E-state index contributed by atoms with van der Waals surface area (Å²) in [7, 11) is -3.90. The average Bonchev–Trinajstić information content (AvgIpc) is 2.53. The van der Waals surface area contributed by atoms with Gasteiger partial charge in [0.2, 0.25) is 5.91 Å². The van der Waals surface area contributed by atoms with Crippen molar-refractivity contribution in [1.29, 1.82) is 0 Å². The quantitative estimate of drug-likeness (QED) is 0.547. The molecular formula is C15H18N2O5S. The minimum Gasteiger partial charge on any atom is -0.481 e. The van der Waals surface area contributed by atoms with Crippen LogP contribution in [0.25, 0.3) is 0 Å². The second-order valence-electron chi connectivity index (χ2n) is 5.40. The van der Waals surface area contributed by atoms with E-state index in [4.69, 9.17) is 5.11 Å². The summed E-state index contributed by atoms with van der Waals surface area (Å²) in [4.78, 5) is 25.3. The number of aliphatic carboxylic acids is 1. The molecule has 2 rings (SSSR count). The molecule has 1 aromatic carbocycles. The zero-order valence-corrected chi connectivity index (χ0v) is 13.3. The molecule has 0 bridgehead atoms. The maximum absolute atomic E-state index is 12.1. The molecule has 3 N–H and O–H groups in total. The highest BCUT2D eigenvalue weighted by atomic mass is 32.2. The van der Waals surface area contributed by atoms with E-state index in [1.54, 1.807) is 24.3 Å². The number of allylic oxidation sites excluding steroid dienone is 2. The molecule has 0 unspecified atom stereocenters. The van der Waals surface area contributed by atoms with Gasteiger partial charge in [0.1, 0.15) is 0 Å². The van der Waals surface area contributed by atoms with Crippen molar-refractivity contribution in [2.24, 2.45) is 11.8 Å². The number of hydrogen-bond acceptors (Lipinski definition) is 4. The Hall–Kier alpha value is -2.19. The predicted octanol–water partition coefficient (Wildman–Crippen LogP) is 0.972. The zero-order chi connectivity index (χ0) is 17.0. The molecule has 0 saturated carbocycles. The highest BCUT2D eigenvalue weighted by Gasteiger charge is 2.34. The van der Waals surface area contributed by atoms with E-state index in [1.807, 2.05) is 11.8 Å². The molecule has 23 heavy (non-hydrogen) atoms. The summed E-state index contributed by atoms with van der Waals surface area (Å²) in [5.41, 5.74) is 3.03. The minimum atomic E-state index is -3.90. The van der Waals surface area contributed by atoms with Crippen LogP contribution in [-0.2, 0) is 19.6 Å². The van der Waals surface area contributed by atoms with Crippen molar-refractivity contribution in [3.05, 3.63) is 42.0 Å². The van der Waals surface area contributed by atoms with Gasteiger partial charge in [-0.3, -0.25) is 15.0 Å². The SMILES string of the molecule is Cc1ccc(S(=O)(=O)NNC(=O)[C@@H]2CC=CC[C@@H]2C(=O)O)cc1. The van der Waals surface area contributed by atoms with E-state index < -0.39 is 33.7 Å². The molecule has 0 aromatic heterocycles. The fraction of sp³-hybridized carbons (Fsp3) is 0.333. The molecule has 2 atom stereocenters. The number of aryl methyl sites for hydroxylation is 1. The molecule has 0 heterocycles. The molecule has 0 fully saturated rings. The number of sulfonamides is 1. The van der Waals surface area contributed by atoms with Crippen molar-refractivity contribution >= 4 is 21.9 Å². The first-order valence-electron chi connectivity index (χ1n) is 7.07. The molecule has 7 nitrogen and oxygen atoms in total. The van der Waals surface area contributed by atoms with Gasteiger partial charge < -0.3 is 5.11 Å². The van der Waals surface area contributed by atoms with Gasteiger partial charge in [0.05, 0.1) is 16.7 Å². The maximum Gasteiger partial charge on any atom is 0.307 e. The molecule has 0 spiro atoms. The monoisotopic (exact) mass is 338 g/mol. The Labute approximate surface area is 134 Å². The van der Waals surface area contributed by atoms with E-state index in [9.17, 15) is 18.0 Å². The summed E-state index contributed by atoms with van der Waals surface area (Å²) in [5.74, 6) is -3.39. The van der Waals surface area contributed by atoms with Crippen LogP contribution < -0.4 is 10.3 Å². The van der Waals surface area contributed by atoms with Crippen molar-refractivity contribution in [3.63, 3.8) is 0 Å². The van der Waals surface area contributed by atoms with E-state index in [0.717, 1.165) is 5.56 Å². The third-order valence-corrected chi connectivity index (χ3v) is 4.99. The standard InChI is InChI=1S/C15H18N2O5S/c1-10-6-8-11(9-7-10)23(21,22)17-16-14(18)12-4-2-3-5-13(12)15(19)20/h2-3,6-9,12-13,17H,4-5H2,1H3,(H,16,18)(H,19,20)/t12-,13+/m1/s1. The number of amides is 1. The van der Waals surface area contributed by atoms with Gasteiger partial charge in [-0.25, -0.2) is 8.42 Å². The maximum atomic E-state index is 12.1. The van der Waals surface area contributed by atoms with Gasteiger partial charge in [0, 0.05) is 0 Å². The van der Waals surface area contributed by atoms with Crippen LogP contribution in [0.4, 0.5) is 0 Å². The van der Waals surface area contributed by atoms with Gasteiger partial charge in [-0.1, -0.05) is 29.8 Å². The van der Waals surface area contributed by atoms with Crippen molar-refractivity contribution in [2.75, 3.05) is 0 Å². The van der Waals surface area contributed by atoms with Crippen LogP contribution >= 0.6 is 0 Å². The number of carboxylic acids is 1. The lowest BCUT2D eigenvalue weighted by molar-refractivity contribution is -0.147. The molecule has 0 aliphatic heterocycles. The highest BCUT2D eigenvalue weighted by molar-refractivity contribution is 7.89. The van der Waals surface area contributed by atoms with Crippen LogP contribution in [0.2, 0.25) is 0 Å². The highest BCUT2D eigenvalue weighted by Crippen LogP contribution is 2.25. The van der Waals surface area contributed by atoms with E-state index in [1.165, 1.54) is 12.1 Å². The van der Waals surface area contributed by atoms with E-state index >= 15 is 0 Å². The second-order valence-corrected chi connectivity index (χ2v) is 7.08. The summed E-state index contributed by atoms with van der Waals surface area (Å²) in [5, 5.41) is 9.14. The Morgan fingerprint density at radius 1 is 1.09 bits per heavy atom. The van der Waals surface area contributed by atoms with Crippen LogP contribution in [0.5, 0.6) is 0 Å². The van der Waals surface area contributed by atoms with Crippen molar-refractivity contribution < 1.29 is 23.1 Å². The summed E-state index contributed by atoms with van der Waals surface area (Å²) < 4.78 is 24.2. The van der Waals surface area contributed by atoms with Crippen LogP contribution in [-0.4, -0.2) is 25.4 Å². The molecule has 0 saturated heterocycles. The van der Waals surface area contributed by atoms with Crippen LogP contribution in [0.1, 0.15) is 18.4 Å². The molecule has 0 radical (unpaired) electrons. The van der Waals surface area contributed by atoms with E-state index in [2.05, 4.69) is 5.43 Å². The van der Waals surface area contributed by atoms with Gasteiger partial charge in [-0.05, 0) is 31.9 Å². The molecular weight excluding hydrogens is 320 g/mol. The third-order valence-electron chi connectivity index (χ3n) is 3.73. The molecule has 124 valence electrons. The van der Waals surface area contributed by atoms with Crippen LogP contribution in [0, 0.1) is 18.8 Å². The lowest BCUT2D eigenvalue weighted by Crippen LogP contribution is -2.47. The first kappa shape index (κ1) is 17.2. The number of hydrogen-bond donors (Lipinski definition) is 3.